The summed E-state index contributed by atoms with van der Waals surface area (Å²) in [6.45, 7) is 0. The van der Waals surface area contributed by atoms with E-state index in [9.17, 15) is 0 Å². The zero-order valence-electron chi connectivity index (χ0n) is 2.81. The van der Waals surface area contributed by atoms with Gasteiger partial charge in [-0.1, -0.05) is 17.4 Å². The van der Waals surface area contributed by atoms with E-state index in [1.165, 1.54) is 0 Å². The highest BCUT2D eigenvalue weighted by molar-refractivity contribution is 6.74. The summed E-state index contributed by atoms with van der Waals surface area (Å²) >= 11 is 0. The second kappa shape index (κ2) is 0.790. The SMILES string of the molecule is N[Si]1=CC=C1. The van der Waals surface area contributed by atoms with Crippen LogP contribution in [0.2, 0.25) is 0 Å². The molecule has 0 fully saturated rings. The molecule has 2 heteroatoms. The average molecular weight is 83.2 g/mol. The van der Waals surface area contributed by atoms with Crippen molar-refractivity contribution in [2.45, 2.75) is 0 Å². The van der Waals surface area contributed by atoms with Gasteiger partial charge in [-0.2, -0.15) is 0 Å². The minimum absolute atomic E-state index is 0.499. The van der Waals surface area contributed by atoms with Crippen molar-refractivity contribution in [3.63, 3.8) is 0 Å². The molecule has 0 saturated carbocycles. The Kier molecular flexibility index (Phi) is 0.449. The number of hydrogen-bond acceptors (Lipinski definition) is 1. The molecule has 1 aliphatic rings. The van der Waals surface area contributed by atoms with E-state index in [-0.39, 0.29) is 0 Å². The fourth-order valence-electron chi connectivity index (χ4n) is 0.207. The molecule has 5 heavy (non-hydrogen) atoms. The van der Waals surface area contributed by atoms with Crippen LogP contribution in [0.5, 0.6) is 0 Å². The van der Waals surface area contributed by atoms with E-state index in [4.69, 9.17) is 5.40 Å². The molecular formula is C3H5NSi. The van der Waals surface area contributed by atoms with Gasteiger partial charge >= 0.3 is 0 Å². The molecule has 26 valence electrons. The van der Waals surface area contributed by atoms with Gasteiger partial charge < -0.3 is 5.40 Å². The van der Waals surface area contributed by atoms with Gasteiger partial charge in [0.05, 0.1) is 0 Å². The summed E-state index contributed by atoms with van der Waals surface area (Å²) in [6.07, 6.45) is 1.99. The minimum Gasteiger partial charge on any atom is -0.430 e. The maximum Gasteiger partial charge on any atom is 0.148 e. The summed E-state index contributed by atoms with van der Waals surface area (Å²) in [7, 11) is -0.499. The molecule has 0 aliphatic carbocycles. The van der Waals surface area contributed by atoms with Crippen molar-refractivity contribution in [2.75, 3.05) is 0 Å². The lowest BCUT2D eigenvalue weighted by molar-refractivity contribution is 1.89. The van der Waals surface area contributed by atoms with Gasteiger partial charge in [0, 0.05) is 0 Å². The monoisotopic (exact) mass is 83.0 g/mol. The van der Waals surface area contributed by atoms with Crippen LogP contribution in [0.15, 0.2) is 11.8 Å². The van der Waals surface area contributed by atoms with E-state index in [1.807, 2.05) is 17.4 Å². The lowest BCUT2D eigenvalue weighted by Gasteiger charge is -1.91. The molecule has 0 bridgehead atoms. The molecule has 0 amide bonds. The first-order valence-corrected chi connectivity index (χ1v) is 3.26. The van der Waals surface area contributed by atoms with Crippen molar-refractivity contribution < 1.29 is 0 Å². The van der Waals surface area contributed by atoms with Crippen LogP contribution in [-0.4, -0.2) is 14.2 Å². The van der Waals surface area contributed by atoms with Crippen LogP contribution < -0.4 is 5.40 Å². The van der Waals surface area contributed by atoms with Crippen LogP contribution in [0, 0.1) is 0 Å². The lowest BCUT2D eigenvalue weighted by atomic mass is 10.7. The fourth-order valence-corrected chi connectivity index (χ4v) is 0.622. The largest absolute Gasteiger partial charge is 0.430 e. The van der Waals surface area contributed by atoms with Crippen molar-refractivity contribution in [3.05, 3.63) is 11.8 Å². The molecule has 1 nitrogen and oxygen atoms in total. The molecule has 0 radical (unpaired) electrons. The summed E-state index contributed by atoms with van der Waals surface area (Å²) < 4.78 is 0. The Morgan fingerprint density at radius 2 is 2.00 bits per heavy atom. The van der Waals surface area contributed by atoms with Crippen LogP contribution >= 0.6 is 0 Å². The van der Waals surface area contributed by atoms with E-state index in [1.54, 1.807) is 0 Å². The van der Waals surface area contributed by atoms with E-state index in [0.717, 1.165) is 0 Å². The Morgan fingerprint density at radius 3 is 2.00 bits per heavy atom. The van der Waals surface area contributed by atoms with Crippen molar-refractivity contribution in [3.8, 4) is 0 Å². The van der Waals surface area contributed by atoms with Crippen LogP contribution in [-0.2, 0) is 0 Å². The minimum atomic E-state index is -0.499. The van der Waals surface area contributed by atoms with Gasteiger partial charge in [-0.25, -0.2) is 0 Å². The van der Waals surface area contributed by atoms with Crippen molar-refractivity contribution in [1.82, 2.24) is 0 Å². The third kappa shape index (κ3) is 0.303. The fraction of sp³-hybridized carbons (Fsp3) is 0. The molecule has 1 aliphatic heterocycles. The van der Waals surface area contributed by atoms with Crippen LogP contribution in [0.25, 0.3) is 0 Å². The Morgan fingerprint density at radius 1 is 1.60 bits per heavy atom. The first kappa shape index (κ1) is 2.84. The van der Waals surface area contributed by atoms with Gasteiger partial charge in [0.25, 0.3) is 0 Å². The number of nitrogens with two attached hydrogens (primary N) is 1. The second-order valence-electron chi connectivity index (χ2n) is 1.03. The number of hydrogen-bond donors (Lipinski definition) is 1. The summed E-state index contributed by atoms with van der Waals surface area (Å²) in [5, 5.41) is 5.34. The van der Waals surface area contributed by atoms with Crippen molar-refractivity contribution >= 4 is 14.2 Å². The van der Waals surface area contributed by atoms with Gasteiger partial charge in [0.15, 0.2) is 0 Å². The standard InChI is InChI=1S/C3H5NSi/c4-5-2-1-3-5/h1-3H,4H2. The van der Waals surface area contributed by atoms with Gasteiger partial charge in [-0.3, -0.25) is 0 Å². The number of rotatable bonds is 0. The molecule has 0 atom stereocenters. The van der Waals surface area contributed by atoms with Crippen LogP contribution in [0.1, 0.15) is 0 Å². The van der Waals surface area contributed by atoms with Crippen LogP contribution in [0.4, 0.5) is 0 Å². The first-order valence-electron chi connectivity index (χ1n) is 1.53. The average Bonchev–Trinajstić information content (AvgIpc) is 1.30. The molecule has 1 heterocycles. The maximum absolute atomic E-state index is 5.34. The normalized spacial score (nSPS) is 17.2. The van der Waals surface area contributed by atoms with E-state index >= 15 is 0 Å². The van der Waals surface area contributed by atoms with Gasteiger partial charge in [0.1, 0.15) is 8.57 Å². The van der Waals surface area contributed by atoms with Gasteiger partial charge in [-0.15, -0.1) is 0 Å². The molecule has 0 aromatic carbocycles. The third-order valence-corrected chi connectivity index (χ3v) is 1.73. The topological polar surface area (TPSA) is 26.0 Å². The lowest BCUT2D eigenvalue weighted by Crippen LogP contribution is -2.19. The molecule has 0 unspecified atom stereocenters. The maximum atomic E-state index is 5.34. The highest BCUT2D eigenvalue weighted by Crippen LogP contribution is 1.73. The van der Waals surface area contributed by atoms with E-state index < -0.39 is 8.57 Å². The smallest absolute Gasteiger partial charge is 0.148 e. The van der Waals surface area contributed by atoms with E-state index in [2.05, 4.69) is 0 Å². The highest BCUT2D eigenvalue weighted by Gasteiger charge is 1.85. The Balaban J connectivity index is 2.60. The highest BCUT2D eigenvalue weighted by atomic mass is 28.2. The Hall–Kier alpha value is -0.373. The van der Waals surface area contributed by atoms with Crippen LogP contribution in [0.3, 0.4) is 0 Å². The molecule has 1 rings (SSSR count). The molecule has 2 N–H and O–H groups in total. The summed E-state index contributed by atoms with van der Waals surface area (Å²) in [4.78, 5) is 0. The zero-order valence-corrected chi connectivity index (χ0v) is 3.81. The Labute approximate surface area is 32.4 Å². The predicted octanol–water partition coefficient (Wildman–Crippen LogP) is -0.571. The first-order chi connectivity index (χ1) is 2.39. The van der Waals surface area contributed by atoms with Gasteiger partial charge in [-0.05, 0) is 0 Å². The predicted molar refractivity (Wildman–Crippen MR) is 25.1 cm³/mol. The Bertz CT molecular complexity index is 93.1. The molecular weight excluding hydrogens is 78.1 g/mol. The van der Waals surface area contributed by atoms with E-state index in [0.29, 0.717) is 0 Å². The summed E-state index contributed by atoms with van der Waals surface area (Å²) in [6, 6.07) is 0. The molecule has 0 saturated heterocycles. The zero-order chi connectivity index (χ0) is 3.70. The molecule has 0 spiro atoms. The van der Waals surface area contributed by atoms with Crippen molar-refractivity contribution in [2.24, 2.45) is 5.40 Å². The summed E-state index contributed by atoms with van der Waals surface area (Å²) in [5.41, 5.74) is 4.09. The van der Waals surface area contributed by atoms with Crippen molar-refractivity contribution in [1.29, 1.82) is 0 Å². The molecule has 0 aromatic heterocycles. The number of allylic oxidation sites excluding steroid dienone is 1. The quantitative estimate of drug-likeness (QED) is 0.390. The molecule has 0 aromatic rings. The van der Waals surface area contributed by atoms with Gasteiger partial charge in [0.2, 0.25) is 0 Å². The second-order valence-corrected chi connectivity index (χ2v) is 2.69. The summed E-state index contributed by atoms with van der Waals surface area (Å²) in [5.74, 6) is 0. The third-order valence-electron chi connectivity index (χ3n) is 0.577.